The molecule has 160 valence electrons. The van der Waals surface area contributed by atoms with Crippen molar-refractivity contribution in [1.29, 1.82) is 0 Å². The Labute approximate surface area is 174 Å². The van der Waals surface area contributed by atoms with E-state index in [1.807, 2.05) is 6.92 Å². The summed E-state index contributed by atoms with van der Waals surface area (Å²) in [6.07, 6.45) is 2.87. The Kier molecular flexibility index (Phi) is 6.72. The Bertz CT molecular complexity index is 1010. The van der Waals surface area contributed by atoms with Crippen LogP contribution >= 0.6 is 11.3 Å². The SMILES string of the molecule is COCc1nc(OC)c2c(C)c(C(=O)N3CCCC(CNS(C)(=O)=O)C3)sc2n1. The number of hydrogen-bond acceptors (Lipinski definition) is 8. The number of ether oxygens (including phenoxy) is 2. The number of aromatic nitrogens is 2. The Morgan fingerprint density at radius 2 is 2.10 bits per heavy atom. The maximum Gasteiger partial charge on any atom is 0.264 e. The van der Waals surface area contributed by atoms with Crippen molar-refractivity contribution in [2.45, 2.75) is 26.4 Å². The number of carbonyl (C=O) groups excluding carboxylic acids is 1. The zero-order chi connectivity index (χ0) is 21.2. The molecule has 11 heteroatoms. The average molecular weight is 443 g/mol. The van der Waals surface area contributed by atoms with E-state index >= 15 is 0 Å². The molecule has 1 unspecified atom stereocenters. The Hall–Kier alpha value is -1.82. The van der Waals surface area contributed by atoms with Crippen LogP contribution in [-0.2, 0) is 21.4 Å². The minimum atomic E-state index is -3.24. The molecule has 1 saturated heterocycles. The summed E-state index contributed by atoms with van der Waals surface area (Å²) < 4.78 is 35.8. The first-order valence-electron chi connectivity index (χ1n) is 9.30. The van der Waals surface area contributed by atoms with Crippen LogP contribution in [0, 0.1) is 12.8 Å². The van der Waals surface area contributed by atoms with Gasteiger partial charge >= 0.3 is 0 Å². The molecule has 1 aliphatic heterocycles. The number of hydrogen-bond donors (Lipinski definition) is 1. The summed E-state index contributed by atoms with van der Waals surface area (Å²) in [5.41, 5.74) is 0.798. The first-order chi connectivity index (χ1) is 13.7. The molecule has 1 aliphatic rings. The smallest absolute Gasteiger partial charge is 0.264 e. The molecule has 3 rings (SSSR count). The predicted octanol–water partition coefficient (Wildman–Crippen LogP) is 1.56. The van der Waals surface area contributed by atoms with Crippen molar-refractivity contribution >= 4 is 37.5 Å². The molecule has 0 radical (unpaired) electrons. The molecule has 0 saturated carbocycles. The first kappa shape index (κ1) is 21.9. The van der Waals surface area contributed by atoms with E-state index < -0.39 is 10.0 Å². The van der Waals surface area contributed by atoms with E-state index in [0.29, 0.717) is 41.0 Å². The summed E-state index contributed by atoms with van der Waals surface area (Å²) in [6, 6.07) is 0. The fourth-order valence-corrected chi connectivity index (χ4v) is 5.22. The molecule has 0 aliphatic carbocycles. The summed E-state index contributed by atoms with van der Waals surface area (Å²) in [5.74, 6) is 0.968. The first-order valence-corrected chi connectivity index (χ1v) is 12.0. The number of methoxy groups -OCH3 is 2. The summed E-state index contributed by atoms with van der Waals surface area (Å²) in [7, 11) is -0.133. The van der Waals surface area contributed by atoms with Crippen LogP contribution in [0.5, 0.6) is 5.88 Å². The lowest BCUT2D eigenvalue weighted by molar-refractivity contribution is 0.0681. The fourth-order valence-electron chi connectivity index (χ4n) is 3.52. The molecule has 2 aromatic rings. The lowest BCUT2D eigenvalue weighted by Crippen LogP contribution is -2.43. The second-order valence-corrected chi connectivity index (χ2v) is 10.0. The third-order valence-electron chi connectivity index (χ3n) is 4.90. The van der Waals surface area contributed by atoms with Gasteiger partial charge in [0.25, 0.3) is 5.91 Å². The van der Waals surface area contributed by atoms with Crippen molar-refractivity contribution in [3.8, 4) is 5.88 Å². The van der Waals surface area contributed by atoms with Gasteiger partial charge in [0.2, 0.25) is 15.9 Å². The molecule has 1 atom stereocenters. The summed E-state index contributed by atoms with van der Waals surface area (Å²) >= 11 is 1.32. The number of rotatable bonds is 7. The standard InChI is InChI=1S/C18H26N4O5S2/c1-11-14-16(27-3)20-13(10-26-2)21-17(14)28-15(11)18(23)22-7-5-6-12(9-22)8-19-29(4,24)25/h12,19H,5-10H2,1-4H3. The average Bonchev–Trinajstić information content (AvgIpc) is 3.01. The Balaban J connectivity index is 1.85. The van der Waals surface area contributed by atoms with Crippen LogP contribution in [0.4, 0.5) is 0 Å². The second kappa shape index (κ2) is 8.90. The molecule has 29 heavy (non-hydrogen) atoms. The number of aryl methyl sites for hydroxylation is 1. The highest BCUT2D eigenvalue weighted by atomic mass is 32.2. The highest BCUT2D eigenvalue weighted by Gasteiger charge is 2.29. The van der Waals surface area contributed by atoms with Crippen LogP contribution < -0.4 is 9.46 Å². The maximum atomic E-state index is 13.2. The van der Waals surface area contributed by atoms with Crippen LogP contribution in [0.15, 0.2) is 0 Å². The molecule has 0 aromatic carbocycles. The highest BCUT2D eigenvalue weighted by Crippen LogP contribution is 2.36. The van der Waals surface area contributed by atoms with Crippen LogP contribution in [0.1, 0.15) is 33.9 Å². The number of carbonyl (C=O) groups is 1. The largest absolute Gasteiger partial charge is 0.480 e. The number of fused-ring (bicyclic) bond motifs is 1. The van der Waals surface area contributed by atoms with Gasteiger partial charge in [0, 0.05) is 26.7 Å². The maximum absolute atomic E-state index is 13.2. The highest BCUT2D eigenvalue weighted by molar-refractivity contribution is 7.88. The molecule has 2 aromatic heterocycles. The van der Waals surface area contributed by atoms with E-state index in [-0.39, 0.29) is 18.4 Å². The van der Waals surface area contributed by atoms with Crippen molar-refractivity contribution in [1.82, 2.24) is 19.6 Å². The van der Waals surface area contributed by atoms with Crippen LogP contribution in [-0.4, -0.2) is 69.3 Å². The van der Waals surface area contributed by atoms with Crippen molar-refractivity contribution in [3.05, 3.63) is 16.3 Å². The number of likely N-dealkylation sites (tertiary alicyclic amines) is 1. The van der Waals surface area contributed by atoms with Gasteiger partial charge in [0.05, 0.1) is 23.6 Å². The van der Waals surface area contributed by atoms with E-state index in [1.54, 1.807) is 19.1 Å². The van der Waals surface area contributed by atoms with Gasteiger partial charge in [0.1, 0.15) is 11.4 Å². The molecule has 0 spiro atoms. The third kappa shape index (κ3) is 5.03. The van der Waals surface area contributed by atoms with Gasteiger partial charge in [-0.15, -0.1) is 11.3 Å². The van der Waals surface area contributed by atoms with E-state index in [2.05, 4.69) is 14.7 Å². The number of thiophene rings is 1. The molecule has 1 amide bonds. The quantitative estimate of drug-likeness (QED) is 0.693. The van der Waals surface area contributed by atoms with Crippen LogP contribution in [0.3, 0.4) is 0 Å². The molecule has 3 heterocycles. The minimum Gasteiger partial charge on any atom is -0.480 e. The number of nitrogens with one attached hydrogen (secondary N) is 1. The van der Waals surface area contributed by atoms with Gasteiger partial charge in [-0.05, 0) is 31.2 Å². The zero-order valence-electron chi connectivity index (χ0n) is 17.0. The molecule has 9 nitrogen and oxygen atoms in total. The van der Waals surface area contributed by atoms with Crippen molar-refractivity contribution < 1.29 is 22.7 Å². The normalized spacial score (nSPS) is 17.7. The minimum absolute atomic E-state index is 0.0649. The van der Waals surface area contributed by atoms with Gasteiger partial charge in [-0.3, -0.25) is 4.79 Å². The molecular weight excluding hydrogens is 416 g/mol. The number of nitrogens with zero attached hydrogens (tertiary/aromatic N) is 3. The molecule has 1 N–H and O–H groups in total. The van der Waals surface area contributed by atoms with Crippen LogP contribution in [0.2, 0.25) is 0 Å². The molecular formula is C18H26N4O5S2. The van der Waals surface area contributed by atoms with E-state index in [9.17, 15) is 13.2 Å². The van der Waals surface area contributed by atoms with Crippen molar-refractivity contribution in [2.75, 3.05) is 40.1 Å². The lowest BCUT2D eigenvalue weighted by atomic mass is 9.98. The van der Waals surface area contributed by atoms with Crippen LogP contribution in [0.25, 0.3) is 10.2 Å². The Morgan fingerprint density at radius 3 is 2.76 bits per heavy atom. The zero-order valence-corrected chi connectivity index (χ0v) is 18.7. The fraction of sp³-hybridized carbons (Fsp3) is 0.611. The molecule has 1 fully saturated rings. The van der Waals surface area contributed by atoms with Crippen molar-refractivity contribution in [3.63, 3.8) is 0 Å². The molecule has 0 bridgehead atoms. The number of amides is 1. The van der Waals surface area contributed by atoms with Gasteiger partial charge in [-0.2, -0.15) is 4.98 Å². The van der Waals surface area contributed by atoms with Gasteiger partial charge in [-0.25, -0.2) is 18.1 Å². The van der Waals surface area contributed by atoms with E-state index in [4.69, 9.17) is 9.47 Å². The summed E-state index contributed by atoms with van der Waals surface area (Å²) in [4.78, 5) is 25.2. The number of sulfonamides is 1. The van der Waals surface area contributed by atoms with E-state index in [0.717, 1.165) is 30.0 Å². The summed E-state index contributed by atoms with van der Waals surface area (Å²) in [5, 5.41) is 0.744. The van der Waals surface area contributed by atoms with Gasteiger partial charge < -0.3 is 14.4 Å². The van der Waals surface area contributed by atoms with Crippen molar-refractivity contribution in [2.24, 2.45) is 5.92 Å². The second-order valence-electron chi connectivity index (χ2n) is 7.20. The predicted molar refractivity (Wildman–Crippen MR) is 111 cm³/mol. The monoisotopic (exact) mass is 442 g/mol. The number of piperidine rings is 1. The Morgan fingerprint density at radius 1 is 1.34 bits per heavy atom. The topological polar surface area (TPSA) is 111 Å². The summed E-state index contributed by atoms with van der Waals surface area (Å²) in [6.45, 7) is 3.65. The lowest BCUT2D eigenvalue weighted by Gasteiger charge is -2.32. The van der Waals surface area contributed by atoms with Gasteiger partial charge in [-0.1, -0.05) is 0 Å². The van der Waals surface area contributed by atoms with Gasteiger partial charge in [0.15, 0.2) is 5.82 Å². The third-order valence-corrected chi connectivity index (χ3v) is 6.77. The van der Waals surface area contributed by atoms with E-state index in [1.165, 1.54) is 11.3 Å².